The Balaban J connectivity index is 1.93. The quantitative estimate of drug-likeness (QED) is 0.677. The largest absolute Gasteiger partial charge is 0.386 e. The Morgan fingerprint density at radius 1 is 1.41 bits per heavy atom. The van der Waals surface area contributed by atoms with Crippen LogP contribution < -0.4 is 5.32 Å². The summed E-state index contributed by atoms with van der Waals surface area (Å²) in [6.07, 6.45) is 1.49. The zero-order chi connectivity index (χ0) is 15.9. The van der Waals surface area contributed by atoms with E-state index >= 15 is 0 Å². The summed E-state index contributed by atoms with van der Waals surface area (Å²) in [6, 6.07) is 9.42. The number of nitrogens with zero attached hydrogens (tertiary/aromatic N) is 3. The number of amides is 1. The van der Waals surface area contributed by atoms with Crippen LogP contribution in [0.4, 0.5) is 0 Å². The van der Waals surface area contributed by atoms with E-state index in [1.807, 2.05) is 31.3 Å². The Labute approximate surface area is 135 Å². The van der Waals surface area contributed by atoms with E-state index in [0.29, 0.717) is 24.7 Å². The SMILES string of the molecule is CN1CCN(C(=O)/C(C#N)=C\NCc2cccc(Cl)c2)CC1. The molecular formula is C16H19ClN4O. The molecule has 1 aromatic rings. The van der Waals surface area contributed by atoms with Crippen LogP contribution in [0, 0.1) is 11.3 Å². The third-order valence-electron chi connectivity index (χ3n) is 3.58. The van der Waals surface area contributed by atoms with Crippen LogP contribution in [0.25, 0.3) is 0 Å². The standard InChI is InChI=1S/C16H19ClN4O/c1-20-5-7-21(8-6-20)16(22)14(10-18)12-19-11-13-3-2-4-15(17)9-13/h2-4,9,12,19H,5-8,11H2,1H3/b14-12-. The Morgan fingerprint density at radius 2 is 2.14 bits per heavy atom. The molecule has 1 amide bonds. The van der Waals surface area contributed by atoms with Gasteiger partial charge in [0.25, 0.3) is 5.91 Å². The molecule has 1 fully saturated rings. The predicted octanol–water partition coefficient (Wildman–Crippen LogP) is 1.61. The highest BCUT2D eigenvalue weighted by Gasteiger charge is 2.21. The van der Waals surface area contributed by atoms with E-state index in [4.69, 9.17) is 11.6 Å². The van der Waals surface area contributed by atoms with E-state index in [-0.39, 0.29) is 11.5 Å². The van der Waals surface area contributed by atoms with E-state index in [2.05, 4.69) is 10.2 Å². The van der Waals surface area contributed by atoms with Gasteiger partial charge in [-0.3, -0.25) is 4.79 Å². The molecule has 1 saturated heterocycles. The van der Waals surface area contributed by atoms with Crippen molar-refractivity contribution >= 4 is 17.5 Å². The number of hydrogen-bond acceptors (Lipinski definition) is 4. The summed E-state index contributed by atoms with van der Waals surface area (Å²) >= 11 is 5.92. The van der Waals surface area contributed by atoms with E-state index in [1.54, 1.807) is 11.0 Å². The van der Waals surface area contributed by atoms with Gasteiger partial charge in [-0.2, -0.15) is 5.26 Å². The molecule has 2 rings (SSSR count). The molecule has 22 heavy (non-hydrogen) atoms. The van der Waals surface area contributed by atoms with Crippen LogP contribution in [0.15, 0.2) is 36.0 Å². The molecule has 1 aliphatic rings. The lowest BCUT2D eigenvalue weighted by molar-refractivity contribution is -0.128. The van der Waals surface area contributed by atoms with Gasteiger partial charge in [0.05, 0.1) is 0 Å². The van der Waals surface area contributed by atoms with Crippen molar-refractivity contribution in [2.24, 2.45) is 0 Å². The van der Waals surface area contributed by atoms with Crippen molar-refractivity contribution in [3.05, 3.63) is 46.6 Å². The second-order valence-electron chi connectivity index (χ2n) is 5.28. The molecule has 1 N–H and O–H groups in total. The van der Waals surface area contributed by atoms with E-state index in [9.17, 15) is 10.1 Å². The van der Waals surface area contributed by atoms with Gasteiger partial charge in [0.15, 0.2) is 0 Å². The number of rotatable bonds is 4. The molecule has 0 saturated carbocycles. The average molecular weight is 319 g/mol. The van der Waals surface area contributed by atoms with E-state index < -0.39 is 0 Å². The highest BCUT2D eigenvalue weighted by atomic mass is 35.5. The zero-order valence-electron chi connectivity index (χ0n) is 12.6. The van der Waals surface area contributed by atoms with Crippen LogP contribution >= 0.6 is 11.6 Å². The van der Waals surface area contributed by atoms with Gasteiger partial charge in [0.2, 0.25) is 0 Å². The second kappa shape index (κ2) is 7.83. The monoisotopic (exact) mass is 318 g/mol. The molecule has 0 aromatic heterocycles. The van der Waals surface area contributed by atoms with Crippen LogP contribution in [0.2, 0.25) is 5.02 Å². The van der Waals surface area contributed by atoms with Gasteiger partial charge in [0, 0.05) is 43.9 Å². The molecule has 1 aromatic carbocycles. The minimum atomic E-state index is -0.214. The van der Waals surface area contributed by atoms with Gasteiger partial charge in [-0.15, -0.1) is 0 Å². The minimum absolute atomic E-state index is 0.131. The number of carbonyl (C=O) groups is 1. The van der Waals surface area contributed by atoms with Gasteiger partial charge in [-0.25, -0.2) is 0 Å². The summed E-state index contributed by atoms with van der Waals surface area (Å²) in [4.78, 5) is 16.2. The topological polar surface area (TPSA) is 59.4 Å². The highest BCUT2D eigenvalue weighted by Crippen LogP contribution is 2.10. The Morgan fingerprint density at radius 3 is 2.77 bits per heavy atom. The molecule has 6 heteroatoms. The zero-order valence-corrected chi connectivity index (χ0v) is 13.3. The number of hydrogen-bond donors (Lipinski definition) is 1. The maximum Gasteiger partial charge on any atom is 0.266 e. The predicted molar refractivity (Wildman–Crippen MR) is 86.1 cm³/mol. The molecule has 0 atom stereocenters. The highest BCUT2D eigenvalue weighted by molar-refractivity contribution is 6.30. The summed E-state index contributed by atoms with van der Waals surface area (Å²) in [5, 5.41) is 12.9. The molecule has 0 radical (unpaired) electrons. The van der Waals surface area contributed by atoms with Crippen LogP contribution in [0.1, 0.15) is 5.56 Å². The Kier molecular flexibility index (Phi) is 5.82. The second-order valence-corrected chi connectivity index (χ2v) is 5.71. The third-order valence-corrected chi connectivity index (χ3v) is 3.82. The molecule has 1 heterocycles. The number of piperazine rings is 1. The number of halogens is 1. The van der Waals surface area contributed by atoms with Crippen molar-refractivity contribution in [2.75, 3.05) is 33.2 Å². The van der Waals surface area contributed by atoms with Crippen molar-refractivity contribution in [3.8, 4) is 6.07 Å². The summed E-state index contributed by atoms with van der Waals surface area (Å²) in [5.41, 5.74) is 1.12. The summed E-state index contributed by atoms with van der Waals surface area (Å²) in [7, 11) is 2.02. The maximum absolute atomic E-state index is 12.3. The number of nitriles is 1. The normalized spacial score (nSPS) is 16.2. The van der Waals surface area contributed by atoms with E-state index in [0.717, 1.165) is 18.7 Å². The van der Waals surface area contributed by atoms with Crippen molar-refractivity contribution < 1.29 is 4.79 Å². The number of likely N-dealkylation sites (N-methyl/N-ethyl adjacent to an activating group) is 1. The van der Waals surface area contributed by atoms with Crippen LogP contribution in [-0.4, -0.2) is 48.9 Å². The fourth-order valence-electron chi connectivity index (χ4n) is 2.24. The van der Waals surface area contributed by atoms with Crippen molar-refractivity contribution in [1.82, 2.24) is 15.1 Å². The minimum Gasteiger partial charge on any atom is -0.386 e. The summed E-state index contributed by atoms with van der Waals surface area (Å²) < 4.78 is 0. The van der Waals surface area contributed by atoms with Gasteiger partial charge >= 0.3 is 0 Å². The molecule has 116 valence electrons. The summed E-state index contributed by atoms with van der Waals surface area (Å²) in [6.45, 7) is 3.49. The first-order valence-corrected chi connectivity index (χ1v) is 7.54. The van der Waals surface area contributed by atoms with Crippen molar-refractivity contribution in [2.45, 2.75) is 6.54 Å². The number of benzene rings is 1. The van der Waals surface area contributed by atoms with E-state index in [1.165, 1.54) is 6.20 Å². The van der Waals surface area contributed by atoms with Gasteiger partial charge in [-0.1, -0.05) is 23.7 Å². The smallest absolute Gasteiger partial charge is 0.266 e. The van der Waals surface area contributed by atoms with Gasteiger partial charge in [0.1, 0.15) is 11.6 Å². The first-order valence-electron chi connectivity index (χ1n) is 7.16. The number of carbonyl (C=O) groups excluding carboxylic acids is 1. The average Bonchev–Trinajstić information content (AvgIpc) is 2.52. The lowest BCUT2D eigenvalue weighted by Gasteiger charge is -2.32. The van der Waals surface area contributed by atoms with Crippen LogP contribution in [0.5, 0.6) is 0 Å². The van der Waals surface area contributed by atoms with Crippen LogP contribution in [-0.2, 0) is 11.3 Å². The fraction of sp³-hybridized carbons (Fsp3) is 0.375. The molecule has 0 bridgehead atoms. The fourth-order valence-corrected chi connectivity index (χ4v) is 2.45. The summed E-state index contributed by atoms with van der Waals surface area (Å²) in [5.74, 6) is -0.214. The molecular weight excluding hydrogens is 300 g/mol. The van der Waals surface area contributed by atoms with Crippen LogP contribution in [0.3, 0.4) is 0 Å². The Bertz CT molecular complexity index is 600. The first-order chi connectivity index (χ1) is 10.6. The molecule has 0 spiro atoms. The molecule has 0 unspecified atom stereocenters. The lowest BCUT2D eigenvalue weighted by atomic mass is 10.2. The van der Waals surface area contributed by atoms with Crippen molar-refractivity contribution in [3.63, 3.8) is 0 Å². The van der Waals surface area contributed by atoms with Gasteiger partial charge in [-0.05, 0) is 24.7 Å². The van der Waals surface area contributed by atoms with Gasteiger partial charge < -0.3 is 15.1 Å². The third kappa shape index (κ3) is 4.48. The Hall–Kier alpha value is -2.03. The number of nitrogens with one attached hydrogen (secondary N) is 1. The first kappa shape index (κ1) is 16.3. The molecule has 5 nitrogen and oxygen atoms in total. The lowest BCUT2D eigenvalue weighted by Crippen LogP contribution is -2.47. The molecule has 1 aliphatic heterocycles. The maximum atomic E-state index is 12.3. The van der Waals surface area contributed by atoms with Crippen molar-refractivity contribution in [1.29, 1.82) is 5.26 Å². The molecule has 0 aliphatic carbocycles.